The number of anilines is 1. The summed E-state index contributed by atoms with van der Waals surface area (Å²) >= 11 is 0. The van der Waals surface area contributed by atoms with E-state index < -0.39 is 0 Å². The second-order valence-corrected chi connectivity index (χ2v) is 3.38. The Morgan fingerprint density at radius 3 is 2.92 bits per heavy atom. The Morgan fingerprint density at radius 1 is 1.54 bits per heavy atom. The van der Waals surface area contributed by atoms with Crippen molar-refractivity contribution in [1.82, 2.24) is 4.98 Å². The molecule has 1 aromatic heterocycles. The average Bonchev–Trinajstić information content (AvgIpc) is 2.03. The van der Waals surface area contributed by atoms with E-state index in [0.29, 0.717) is 0 Å². The van der Waals surface area contributed by atoms with Gasteiger partial charge in [-0.05, 0) is 38.5 Å². The second kappa shape index (κ2) is 4.65. The Hall–Kier alpha value is -1.31. The summed E-state index contributed by atoms with van der Waals surface area (Å²) in [5.41, 5.74) is 2.55. The van der Waals surface area contributed by atoms with E-state index in [1.807, 2.05) is 18.3 Å². The van der Waals surface area contributed by atoms with Crippen molar-refractivity contribution in [3.63, 3.8) is 0 Å². The largest absolute Gasteiger partial charge is 0.367 e. The standard InChI is InChI=1S/C11H16N2/c1-9(2)4-6-12-11-8-10(3)5-7-13-11/h4-5,7-8H,6H2,1-3H3,(H,12,13). The maximum Gasteiger partial charge on any atom is 0.126 e. The lowest BCUT2D eigenvalue weighted by atomic mass is 10.3. The van der Waals surface area contributed by atoms with E-state index in [1.165, 1.54) is 11.1 Å². The molecule has 1 rings (SSSR count). The van der Waals surface area contributed by atoms with E-state index in [-0.39, 0.29) is 0 Å². The van der Waals surface area contributed by atoms with Crippen LogP contribution in [-0.2, 0) is 0 Å². The number of nitrogens with zero attached hydrogens (tertiary/aromatic N) is 1. The van der Waals surface area contributed by atoms with Gasteiger partial charge in [0.15, 0.2) is 0 Å². The number of nitrogens with one attached hydrogen (secondary N) is 1. The average molecular weight is 176 g/mol. The van der Waals surface area contributed by atoms with Crippen LogP contribution >= 0.6 is 0 Å². The monoisotopic (exact) mass is 176 g/mol. The number of aryl methyl sites for hydroxylation is 1. The molecule has 1 heterocycles. The molecule has 0 bridgehead atoms. The minimum atomic E-state index is 0.846. The van der Waals surface area contributed by atoms with Gasteiger partial charge in [-0.15, -0.1) is 0 Å². The number of rotatable bonds is 3. The normalized spacial score (nSPS) is 9.46. The quantitative estimate of drug-likeness (QED) is 0.716. The lowest BCUT2D eigenvalue weighted by Crippen LogP contribution is -2.00. The third kappa shape index (κ3) is 3.74. The Balaban J connectivity index is 2.50. The molecule has 0 unspecified atom stereocenters. The predicted octanol–water partition coefficient (Wildman–Crippen LogP) is 2.77. The summed E-state index contributed by atoms with van der Waals surface area (Å²) in [4.78, 5) is 4.20. The molecule has 0 saturated carbocycles. The van der Waals surface area contributed by atoms with Crippen LogP contribution < -0.4 is 5.32 Å². The van der Waals surface area contributed by atoms with E-state index in [1.54, 1.807) is 0 Å². The SMILES string of the molecule is CC(C)=CCNc1cc(C)ccn1. The van der Waals surface area contributed by atoms with Crippen molar-refractivity contribution >= 4 is 5.82 Å². The summed E-state index contributed by atoms with van der Waals surface area (Å²) in [5.74, 6) is 0.942. The molecular weight excluding hydrogens is 160 g/mol. The number of aromatic nitrogens is 1. The van der Waals surface area contributed by atoms with Crippen LogP contribution in [0.2, 0.25) is 0 Å². The molecule has 0 radical (unpaired) electrons. The Labute approximate surface area is 79.7 Å². The fourth-order valence-electron chi connectivity index (χ4n) is 0.993. The van der Waals surface area contributed by atoms with Crippen molar-refractivity contribution in [2.75, 3.05) is 11.9 Å². The van der Waals surface area contributed by atoms with Gasteiger partial charge in [0, 0.05) is 12.7 Å². The first-order valence-electron chi connectivity index (χ1n) is 4.48. The fourth-order valence-corrected chi connectivity index (χ4v) is 0.993. The van der Waals surface area contributed by atoms with E-state index in [9.17, 15) is 0 Å². The summed E-state index contributed by atoms with van der Waals surface area (Å²) in [6.07, 6.45) is 3.96. The first kappa shape index (κ1) is 9.78. The van der Waals surface area contributed by atoms with Crippen molar-refractivity contribution in [3.8, 4) is 0 Å². The topological polar surface area (TPSA) is 24.9 Å². The van der Waals surface area contributed by atoms with Crippen LogP contribution in [0, 0.1) is 6.92 Å². The van der Waals surface area contributed by atoms with Gasteiger partial charge in [-0.25, -0.2) is 4.98 Å². The van der Waals surface area contributed by atoms with E-state index >= 15 is 0 Å². The smallest absolute Gasteiger partial charge is 0.126 e. The third-order valence-electron chi connectivity index (χ3n) is 1.71. The van der Waals surface area contributed by atoms with E-state index in [2.05, 4.69) is 37.1 Å². The molecule has 2 heteroatoms. The van der Waals surface area contributed by atoms with Crippen LogP contribution in [0.15, 0.2) is 30.0 Å². The van der Waals surface area contributed by atoms with Crippen molar-refractivity contribution in [2.45, 2.75) is 20.8 Å². The van der Waals surface area contributed by atoms with Crippen LogP contribution in [-0.4, -0.2) is 11.5 Å². The van der Waals surface area contributed by atoms with Gasteiger partial charge in [0.25, 0.3) is 0 Å². The molecular formula is C11H16N2. The molecule has 0 atom stereocenters. The Kier molecular flexibility index (Phi) is 3.50. The summed E-state index contributed by atoms with van der Waals surface area (Å²) < 4.78 is 0. The van der Waals surface area contributed by atoms with E-state index in [0.717, 1.165) is 12.4 Å². The molecule has 0 fully saturated rings. The van der Waals surface area contributed by atoms with Crippen LogP contribution in [0.3, 0.4) is 0 Å². The van der Waals surface area contributed by atoms with Crippen molar-refractivity contribution < 1.29 is 0 Å². The molecule has 1 N–H and O–H groups in total. The van der Waals surface area contributed by atoms with Gasteiger partial charge in [0.2, 0.25) is 0 Å². The number of pyridine rings is 1. The zero-order chi connectivity index (χ0) is 9.68. The number of allylic oxidation sites excluding steroid dienone is 1. The van der Waals surface area contributed by atoms with Crippen molar-refractivity contribution in [2.24, 2.45) is 0 Å². The maximum absolute atomic E-state index is 4.20. The van der Waals surface area contributed by atoms with Crippen LogP contribution in [0.1, 0.15) is 19.4 Å². The third-order valence-corrected chi connectivity index (χ3v) is 1.71. The summed E-state index contributed by atoms with van der Waals surface area (Å²) in [5, 5.41) is 3.23. The Morgan fingerprint density at radius 2 is 2.31 bits per heavy atom. The van der Waals surface area contributed by atoms with Crippen LogP contribution in [0.5, 0.6) is 0 Å². The Bertz CT molecular complexity index is 299. The molecule has 70 valence electrons. The predicted molar refractivity (Wildman–Crippen MR) is 56.9 cm³/mol. The molecule has 1 aromatic rings. The molecule has 0 amide bonds. The van der Waals surface area contributed by atoms with Gasteiger partial charge in [-0.1, -0.05) is 11.6 Å². The highest BCUT2D eigenvalue weighted by atomic mass is 15.0. The highest BCUT2D eigenvalue weighted by Crippen LogP contribution is 2.04. The molecule has 0 spiro atoms. The molecule has 0 aliphatic heterocycles. The first-order valence-corrected chi connectivity index (χ1v) is 4.48. The van der Waals surface area contributed by atoms with Gasteiger partial charge in [-0.2, -0.15) is 0 Å². The molecule has 0 aromatic carbocycles. The summed E-state index contributed by atoms with van der Waals surface area (Å²) in [7, 11) is 0. The van der Waals surface area contributed by atoms with Gasteiger partial charge >= 0.3 is 0 Å². The lowest BCUT2D eigenvalue weighted by molar-refractivity contribution is 1.19. The van der Waals surface area contributed by atoms with Crippen molar-refractivity contribution in [3.05, 3.63) is 35.5 Å². The number of hydrogen-bond donors (Lipinski definition) is 1. The van der Waals surface area contributed by atoms with Gasteiger partial charge in [-0.3, -0.25) is 0 Å². The van der Waals surface area contributed by atoms with Crippen molar-refractivity contribution in [1.29, 1.82) is 0 Å². The summed E-state index contributed by atoms with van der Waals surface area (Å²) in [6.45, 7) is 7.09. The van der Waals surface area contributed by atoms with Crippen LogP contribution in [0.25, 0.3) is 0 Å². The number of hydrogen-bond acceptors (Lipinski definition) is 2. The minimum Gasteiger partial charge on any atom is -0.367 e. The molecule has 13 heavy (non-hydrogen) atoms. The molecule has 0 saturated heterocycles. The maximum atomic E-state index is 4.20. The van der Waals surface area contributed by atoms with E-state index in [4.69, 9.17) is 0 Å². The first-order chi connectivity index (χ1) is 6.18. The molecule has 0 aliphatic rings. The highest BCUT2D eigenvalue weighted by Gasteiger charge is 1.90. The molecule has 0 aliphatic carbocycles. The lowest BCUT2D eigenvalue weighted by Gasteiger charge is -2.02. The zero-order valence-corrected chi connectivity index (χ0v) is 8.46. The van der Waals surface area contributed by atoms with Gasteiger partial charge < -0.3 is 5.32 Å². The molecule has 2 nitrogen and oxygen atoms in total. The second-order valence-electron chi connectivity index (χ2n) is 3.38. The summed E-state index contributed by atoms with van der Waals surface area (Å²) in [6, 6.07) is 4.03. The van der Waals surface area contributed by atoms with Crippen LogP contribution in [0.4, 0.5) is 5.82 Å². The highest BCUT2D eigenvalue weighted by molar-refractivity contribution is 5.37. The van der Waals surface area contributed by atoms with Gasteiger partial charge in [0.1, 0.15) is 5.82 Å². The zero-order valence-electron chi connectivity index (χ0n) is 8.46. The minimum absolute atomic E-state index is 0.846. The fraction of sp³-hybridized carbons (Fsp3) is 0.364. The van der Waals surface area contributed by atoms with Gasteiger partial charge in [0.05, 0.1) is 0 Å².